The average molecular weight is 399 g/mol. The number of nitrogens with one attached hydrogen (secondary N) is 2. The summed E-state index contributed by atoms with van der Waals surface area (Å²) in [4.78, 5) is 4.21. The van der Waals surface area contributed by atoms with E-state index in [9.17, 15) is 0 Å². The first-order chi connectivity index (χ1) is 9.78. The van der Waals surface area contributed by atoms with Crippen LogP contribution in [0.4, 0.5) is 0 Å². The number of rotatable bonds is 5. The van der Waals surface area contributed by atoms with Crippen LogP contribution in [0.15, 0.2) is 47.7 Å². The van der Waals surface area contributed by atoms with Gasteiger partial charge < -0.3 is 10.6 Å². The number of benzene rings is 1. The molecule has 6 heteroatoms. The Bertz CT molecular complexity index is 550. The third-order valence-electron chi connectivity index (χ3n) is 2.99. The Hall–Kier alpha value is -1.57. The first-order valence-corrected chi connectivity index (χ1v) is 6.74. The maximum atomic E-state index is 4.21. The first-order valence-electron chi connectivity index (χ1n) is 6.74. The lowest BCUT2D eigenvalue weighted by atomic mass is 10.2. The highest BCUT2D eigenvalue weighted by Gasteiger charge is 1.99. The van der Waals surface area contributed by atoms with Crippen LogP contribution in [0.1, 0.15) is 11.1 Å². The Morgan fingerprint density at radius 3 is 2.57 bits per heavy atom. The van der Waals surface area contributed by atoms with Gasteiger partial charge in [0.05, 0.1) is 6.20 Å². The summed E-state index contributed by atoms with van der Waals surface area (Å²) in [6, 6.07) is 10.3. The topological polar surface area (TPSA) is 54.2 Å². The summed E-state index contributed by atoms with van der Waals surface area (Å²) in [5, 5.41) is 10.7. The zero-order chi connectivity index (χ0) is 14.2. The third-order valence-corrected chi connectivity index (χ3v) is 2.99. The van der Waals surface area contributed by atoms with E-state index in [-0.39, 0.29) is 24.0 Å². The fourth-order valence-corrected chi connectivity index (χ4v) is 1.93. The van der Waals surface area contributed by atoms with Gasteiger partial charge in [-0.05, 0) is 17.5 Å². The lowest BCUT2D eigenvalue weighted by Gasteiger charge is -2.11. The van der Waals surface area contributed by atoms with Crippen molar-refractivity contribution in [3.63, 3.8) is 0 Å². The second-order valence-electron chi connectivity index (χ2n) is 4.61. The van der Waals surface area contributed by atoms with E-state index in [4.69, 9.17) is 0 Å². The summed E-state index contributed by atoms with van der Waals surface area (Å²) in [5.74, 6) is 0.817. The monoisotopic (exact) mass is 399 g/mol. The van der Waals surface area contributed by atoms with E-state index in [1.165, 1.54) is 11.1 Å². The molecule has 0 bridgehead atoms. The summed E-state index contributed by atoms with van der Waals surface area (Å²) in [7, 11) is 3.71. The van der Waals surface area contributed by atoms with E-state index in [0.29, 0.717) is 0 Å². The Morgan fingerprint density at radius 1 is 1.19 bits per heavy atom. The lowest BCUT2D eigenvalue weighted by Crippen LogP contribution is -2.37. The normalized spacial score (nSPS) is 10.9. The predicted molar refractivity (Wildman–Crippen MR) is 97.0 cm³/mol. The van der Waals surface area contributed by atoms with E-state index >= 15 is 0 Å². The maximum Gasteiger partial charge on any atom is 0.191 e. The van der Waals surface area contributed by atoms with Crippen molar-refractivity contribution in [2.45, 2.75) is 13.0 Å². The van der Waals surface area contributed by atoms with Crippen LogP contribution in [0.25, 0.3) is 0 Å². The summed E-state index contributed by atoms with van der Waals surface area (Å²) >= 11 is 0. The third kappa shape index (κ3) is 6.16. The number of hydrogen-bond acceptors (Lipinski definition) is 2. The molecule has 5 nitrogen and oxygen atoms in total. The van der Waals surface area contributed by atoms with Gasteiger partial charge in [0.25, 0.3) is 0 Å². The van der Waals surface area contributed by atoms with Gasteiger partial charge in [-0.25, -0.2) is 0 Å². The van der Waals surface area contributed by atoms with Gasteiger partial charge in [-0.15, -0.1) is 24.0 Å². The van der Waals surface area contributed by atoms with Gasteiger partial charge in [-0.3, -0.25) is 9.67 Å². The van der Waals surface area contributed by atoms with Crippen molar-refractivity contribution in [2.24, 2.45) is 12.0 Å². The fraction of sp³-hybridized carbons (Fsp3) is 0.333. The first kappa shape index (κ1) is 17.5. The lowest BCUT2D eigenvalue weighted by molar-refractivity contribution is 0.764. The Balaban J connectivity index is 0.00000220. The van der Waals surface area contributed by atoms with Crippen LogP contribution in [0.5, 0.6) is 0 Å². The van der Waals surface area contributed by atoms with Crippen molar-refractivity contribution in [3.8, 4) is 0 Å². The highest BCUT2D eigenvalue weighted by molar-refractivity contribution is 14.0. The van der Waals surface area contributed by atoms with Gasteiger partial charge in [0, 0.05) is 33.4 Å². The van der Waals surface area contributed by atoms with Crippen molar-refractivity contribution in [3.05, 3.63) is 53.9 Å². The molecule has 0 fully saturated rings. The van der Waals surface area contributed by atoms with Crippen molar-refractivity contribution in [2.75, 3.05) is 13.6 Å². The quantitative estimate of drug-likeness (QED) is 0.459. The zero-order valence-electron chi connectivity index (χ0n) is 12.4. The molecule has 1 heterocycles. The van der Waals surface area contributed by atoms with E-state index in [2.05, 4.69) is 32.9 Å². The molecule has 21 heavy (non-hydrogen) atoms. The van der Waals surface area contributed by atoms with Crippen LogP contribution >= 0.6 is 24.0 Å². The molecule has 0 atom stereocenters. The van der Waals surface area contributed by atoms with Gasteiger partial charge in [0.15, 0.2) is 5.96 Å². The Labute approximate surface area is 142 Å². The molecule has 0 aliphatic rings. The van der Waals surface area contributed by atoms with E-state index in [0.717, 1.165) is 25.5 Å². The van der Waals surface area contributed by atoms with Crippen molar-refractivity contribution >= 4 is 29.9 Å². The molecule has 0 aliphatic heterocycles. The van der Waals surface area contributed by atoms with Gasteiger partial charge in [0.1, 0.15) is 0 Å². The largest absolute Gasteiger partial charge is 0.356 e. The molecular weight excluding hydrogens is 377 g/mol. The summed E-state index contributed by atoms with van der Waals surface area (Å²) in [6.07, 6.45) is 4.85. The second-order valence-corrected chi connectivity index (χ2v) is 4.61. The number of nitrogens with zero attached hydrogens (tertiary/aromatic N) is 3. The number of aliphatic imine (C=N–C) groups is 1. The highest BCUT2D eigenvalue weighted by atomic mass is 127. The molecule has 0 saturated heterocycles. The number of aryl methyl sites for hydroxylation is 1. The maximum absolute atomic E-state index is 4.21. The number of halogens is 1. The molecule has 2 aromatic rings. The smallest absolute Gasteiger partial charge is 0.191 e. The minimum absolute atomic E-state index is 0. The highest BCUT2D eigenvalue weighted by Crippen LogP contribution is 1.98. The summed E-state index contributed by atoms with van der Waals surface area (Å²) < 4.78 is 1.82. The standard InChI is InChI=1S/C15H21N5.HI/c1-16-15(18-10-13-6-4-3-5-7-13)17-9-8-14-11-19-20(2)12-14;/h3-7,11-12H,8-10H2,1-2H3,(H2,16,17,18);1H. The molecule has 0 aliphatic carbocycles. The fourth-order valence-electron chi connectivity index (χ4n) is 1.93. The van der Waals surface area contributed by atoms with E-state index in [1.807, 2.05) is 42.3 Å². The van der Waals surface area contributed by atoms with Crippen molar-refractivity contribution in [1.82, 2.24) is 20.4 Å². The number of aromatic nitrogens is 2. The Kier molecular flexibility index (Phi) is 7.81. The summed E-state index contributed by atoms with van der Waals surface area (Å²) in [6.45, 7) is 1.60. The molecule has 1 aromatic heterocycles. The minimum Gasteiger partial charge on any atom is -0.356 e. The molecule has 2 N–H and O–H groups in total. The Morgan fingerprint density at radius 2 is 1.95 bits per heavy atom. The van der Waals surface area contributed by atoms with Crippen molar-refractivity contribution < 1.29 is 0 Å². The molecule has 0 saturated carbocycles. The zero-order valence-corrected chi connectivity index (χ0v) is 14.7. The van der Waals surface area contributed by atoms with Crippen LogP contribution in [0.2, 0.25) is 0 Å². The van der Waals surface area contributed by atoms with Crippen LogP contribution in [-0.2, 0) is 20.0 Å². The SMILES string of the molecule is CN=C(NCCc1cnn(C)c1)NCc1ccccc1.I. The number of hydrogen-bond donors (Lipinski definition) is 2. The molecule has 114 valence electrons. The molecular formula is C15H22IN5. The van der Waals surface area contributed by atoms with E-state index < -0.39 is 0 Å². The van der Waals surface area contributed by atoms with Gasteiger partial charge in [-0.2, -0.15) is 5.10 Å². The molecule has 0 unspecified atom stereocenters. The predicted octanol–water partition coefficient (Wildman–Crippen LogP) is 1.95. The minimum atomic E-state index is 0. The van der Waals surface area contributed by atoms with Gasteiger partial charge in [-0.1, -0.05) is 30.3 Å². The molecule has 0 radical (unpaired) electrons. The van der Waals surface area contributed by atoms with Crippen LogP contribution in [0, 0.1) is 0 Å². The molecule has 0 amide bonds. The van der Waals surface area contributed by atoms with Crippen molar-refractivity contribution in [1.29, 1.82) is 0 Å². The van der Waals surface area contributed by atoms with Crippen LogP contribution in [0.3, 0.4) is 0 Å². The van der Waals surface area contributed by atoms with Gasteiger partial charge in [0.2, 0.25) is 0 Å². The average Bonchev–Trinajstić information content (AvgIpc) is 2.89. The molecule has 1 aromatic carbocycles. The van der Waals surface area contributed by atoms with Gasteiger partial charge >= 0.3 is 0 Å². The number of guanidine groups is 1. The van der Waals surface area contributed by atoms with E-state index in [1.54, 1.807) is 7.05 Å². The van der Waals surface area contributed by atoms with Crippen LogP contribution in [-0.4, -0.2) is 29.3 Å². The van der Waals surface area contributed by atoms with Crippen LogP contribution < -0.4 is 10.6 Å². The molecule has 0 spiro atoms. The second kappa shape index (κ2) is 9.38. The summed E-state index contributed by atoms with van der Waals surface area (Å²) in [5.41, 5.74) is 2.46. The molecule has 2 rings (SSSR count).